The molecule has 0 saturated heterocycles. The van der Waals surface area contributed by atoms with Crippen molar-refractivity contribution in [2.24, 2.45) is 0 Å². The van der Waals surface area contributed by atoms with Crippen LogP contribution in [0.5, 0.6) is 0 Å². The Bertz CT molecular complexity index is 940. The predicted octanol–water partition coefficient (Wildman–Crippen LogP) is 3.49. The topological polar surface area (TPSA) is 83.0 Å². The molecular weight excluding hydrogens is 359 g/mol. The van der Waals surface area contributed by atoms with E-state index in [1.165, 1.54) is 6.07 Å². The number of hydrogen-bond acceptors (Lipinski definition) is 6. The number of pyridine rings is 1. The second-order valence-electron chi connectivity index (χ2n) is 5.78. The fraction of sp³-hybridized carbons (Fsp3) is 0.167. The quantitative estimate of drug-likeness (QED) is 0.572. The van der Waals surface area contributed by atoms with Gasteiger partial charge in [-0.1, -0.05) is 0 Å². The van der Waals surface area contributed by atoms with E-state index in [1.807, 2.05) is 0 Å². The molecule has 0 amide bonds. The van der Waals surface area contributed by atoms with Gasteiger partial charge < -0.3 is 15.7 Å². The van der Waals surface area contributed by atoms with E-state index < -0.39 is 17.5 Å². The first kappa shape index (κ1) is 18.6. The maximum Gasteiger partial charge on any atom is 0.225 e. The van der Waals surface area contributed by atoms with Crippen molar-refractivity contribution in [3.63, 3.8) is 0 Å². The zero-order valence-corrected chi connectivity index (χ0v) is 14.2. The van der Waals surface area contributed by atoms with E-state index >= 15 is 0 Å². The van der Waals surface area contributed by atoms with Crippen LogP contribution in [0.1, 0.15) is 6.92 Å². The first-order chi connectivity index (χ1) is 13.0. The second-order valence-corrected chi connectivity index (χ2v) is 5.78. The van der Waals surface area contributed by atoms with Gasteiger partial charge in [0.25, 0.3) is 0 Å². The summed E-state index contributed by atoms with van der Waals surface area (Å²) >= 11 is 0. The van der Waals surface area contributed by atoms with Gasteiger partial charge in [-0.05, 0) is 31.2 Å². The van der Waals surface area contributed by atoms with Gasteiger partial charge in [0.1, 0.15) is 5.82 Å². The third kappa shape index (κ3) is 4.32. The molecule has 3 rings (SSSR count). The zero-order chi connectivity index (χ0) is 19.4. The van der Waals surface area contributed by atoms with Crippen molar-refractivity contribution in [3.05, 3.63) is 60.2 Å². The van der Waals surface area contributed by atoms with E-state index in [0.717, 1.165) is 12.1 Å². The van der Waals surface area contributed by atoms with Gasteiger partial charge in [-0.2, -0.15) is 4.98 Å². The number of aliphatic hydroxyl groups is 1. The lowest BCUT2D eigenvalue weighted by Crippen LogP contribution is -2.21. The van der Waals surface area contributed by atoms with Crippen LogP contribution in [0.2, 0.25) is 0 Å². The number of hydrogen-bond donors (Lipinski definition) is 3. The fourth-order valence-corrected chi connectivity index (χ4v) is 2.26. The number of halogens is 3. The van der Waals surface area contributed by atoms with Gasteiger partial charge in [0, 0.05) is 30.1 Å². The number of anilines is 3. The van der Waals surface area contributed by atoms with E-state index in [2.05, 4.69) is 25.6 Å². The van der Waals surface area contributed by atoms with Crippen LogP contribution in [0.25, 0.3) is 11.3 Å². The van der Waals surface area contributed by atoms with Gasteiger partial charge in [-0.3, -0.25) is 4.98 Å². The lowest BCUT2D eigenvalue weighted by atomic mass is 10.2. The molecule has 1 aromatic carbocycles. The Morgan fingerprint density at radius 3 is 2.63 bits per heavy atom. The van der Waals surface area contributed by atoms with Gasteiger partial charge in [0.2, 0.25) is 5.95 Å². The number of aliphatic hydroxyl groups excluding tert-OH is 1. The summed E-state index contributed by atoms with van der Waals surface area (Å²) < 4.78 is 40.5. The molecule has 0 fully saturated rings. The average Bonchev–Trinajstić information content (AvgIpc) is 2.69. The van der Waals surface area contributed by atoms with E-state index in [1.54, 1.807) is 31.5 Å². The summed E-state index contributed by atoms with van der Waals surface area (Å²) in [7, 11) is 0. The van der Waals surface area contributed by atoms with Crippen LogP contribution in [0, 0.1) is 17.5 Å². The predicted molar refractivity (Wildman–Crippen MR) is 95.0 cm³/mol. The first-order valence-electron chi connectivity index (χ1n) is 8.05. The van der Waals surface area contributed by atoms with E-state index in [0.29, 0.717) is 11.3 Å². The van der Waals surface area contributed by atoms with Crippen molar-refractivity contribution in [2.75, 3.05) is 17.2 Å². The summed E-state index contributed by atoms with van der Waals surface area (Å²) in [6.07, 6.45) is 3.19. The minimum absolute atomic E-state index is 0.152. The molecule has 0 unspecified atom stereocenters. The summed E-state index contributed by atoms with van der Waals surface area (Å²) in [5, 5.41) is 14.7. The maximum absolute atomic E-state index is 14.0. The van der Waals surface area contributed by atoms with E-state index in [9.17, 15) is 18.3 Å². The largest absolute Gasteiger partial charge is 0.394 e. The zero-order valence-electron chi connectivity index (χ0n) is 14.2. The molecule has 2 heterocycles. The normalized spacial score (nSPS) is 11.9. The lowest BCUT2D eigenvalue weighted by molar-refractivity contribution is 0.281. The highest BCUT2D eigenvalue weighted by Crippen LogP contribution is 2.26. The van der Waals surface area contributed by atoms with Gasteiger partial charge in [0.05, 0.1) is 18.0 Å². The highest BCUT2D eigenvalue weighted by atomic mass is 19.2. The highest BCUT2D eigenvalue weighted by Gasteiger charge is 2.15. The van der Waals surface area contributed by atoms with E-state index in [4.69, 9.17) is 0 Å². The van der Waals surface area contributed by atoms with Crippen LogP contribution in [-0.4, -0.2) is 32.7 Å². The second kappa shape index (κ2) is 8.00. The Kier molecular flexibility index (Phi) is 5.51. The Hall–Kier alpha value is -3.20. The molecule has 3 aromatic rings. The van der Waals surface area contributed by atoms with Crippen LogP contribution in [0.15, 0.2) is 42.7 Å². The monoisotopic (exact) mass is 375 g/mol. The van der Waals surface area contributed by atoms with Gasteiger partial charge in [0.15, 0.2) is 17.5 Å². The molecule has 0 saturated carbocycles. The number of aromatic nitrogens is 3. The molecule has 0 aliphatic rings. The number of benzene rings is 1. The molecule has 6 nitrogen and oxygen atoms in total. The molecule has 9 heteroatoms. The average molecular weight is 375 g/mol. The molecule has 27 heavy (non-hydrogen) atoms. The fourth-order valence-electron chi connectivity index (χ4n) is 2.26. The third-order valence-corrected chi connectivity index (χ3v) is 3.63. The van der Waals surface area contributed by atoms with E-state index in [-0.39, 0.29) is 30.1 Å². The van der Waals surface area contributed by atoms with Gasteiger partial charge in [-0.25, -0.2) is 18.2 Å². The molecule has 2 aromatic heterocycles. The first-order valence-corrected chi connectivity index (χ1v) is 8.05. The SMILES string of the molecule is C[C@@H](CO)Nc1nc(Nc2ccc(F)c(F)c2F)cc(-c2cccnc2)n1. The standard InChI is InChI=1S/C18H16F3N5O/c1-10(9-27)23-18-25-14(11-3-2-6-22-8-11)7-15(26-18)24-13-5-4-12(19)16(20)17(13)21/h2-8,10,27H,9H2,1H3,(H2,23,24,25,26)/t10-/m0/s1. The minimum atomic E-state index is -1.58. The van der Waals surface area contributed by atoms with Crippen LogP contribution in [0.4, 0.5) is 30.6 Å². The molecule has 0 radical (unpaired) electrons. The summed E-state index contributed by atoms with van der Waals surface area (Å²) in [6, 6.07) is 6.58. The molecular formula is C18H16F3N5O. The van der Waals surface area contributed by atoms with Crippen molar-refractivity contribution in [1.82, 2.24) is 15.0 Å². The molecule has 0 aliphatic carbocycles. The maximum atomic E-state index is 14.0. The Morgan fingerprint density at radius 1 is 1.11 bits per heavy atom. The highest BCUT2D eigenvalue weighted by molar-refractivity contribution is 5.67. The summed E-state index contributed by atoms with van der Waals surface area (Å²) in [6.45, 7) is 1.57. The van der Waals surface area contributed by atoms with Crippen LogP contribution in [0.3, 0.4) is 0 Å². The van der Waals surface area contributed by atoms with Crippen molar-refractivity contribution < 1.29 is 18.3 Å². The lowest BCUT2D eigenvalue weighted by Gasteiger charge is -2.14. The number of nitrogens with zero attached hydrogens (tertiary/aromatic N) is 3. The molecule has 0 spiro atoms. The van der Waals surface area contributed by atoms with Gasteiger partial charge >= 0.3 is 0 Å². The third-order valence-electron chi connectivity index (χ3n) is 3.63. The summed E-state index contributed by atoms with van der Waals surface area (Å²) in [4.78, 5) is 12.6. The van der Waals surface area contributed by atoms with Crippen LogP contribution in [-0.2, 0) is 0 Å². The van der Waals surface area contributed by atoms with Crippen LogP contribution < -0.4 is 10.6 Å². The van der Waals surface area contributed by atoms with Crippen molar-refractivity contribution in [3.8, 4) is 11.3 Å². The Morgan fingerprint density at radius 2 is 1.93 bits per heavy atom. The minimum Gasteiger partial charge on any atom is -0.394 e. The molecule has 140 valence electrons. The number of nitrogens with one attached hydrogen (secondary N) is 2. The summed E-state index contributed by atoms with van der Waals surface area (Å²) in [5.74, 6) is -3.88. The molecule has 0 bridgehead atoms. The van der Waals surface area contributed by atoms with Crippen molar-refractivity contribution in [1.29, 1.82) is 0 Å². The summed E-state index contributed by atoms with van der Waals surface area (Å²) in [5.41, 5.74) is 0.871. The van der Waals surface area contributed by atoms with Crippen molar-refractivity contribution in [2.45, 2.75) is 13.0 Å². The molecule has 0 aliphatic heterocycles. The Balaban J connectivity index is 2.01. The smallest absolute Gasteiger partial charge is 0.225 e. The molecule has 1 atom stereocenters. The Labute approximate surface area is 153 Å². The van der Waals surface area contributed by atoms with Gasteiger partial charge in [-0.15, -0.1) is 0 Å². The van der Waals surface area contributed by atoms with Crippen LogP contribution >= 0.6 is 0 Å². The molecule has 3 N–H and O–H groups in total. The number of rotatable bonds is 6. The van der Waals surface area contributed by atoms with Crippen molar-refractivity contribution >= 4 is 17.5 Å².